The number of nitrogens with one attached hydrogen (secondary N) is 1. The van der Waals surface area contributed by atoms with E-state index in [0.29, 0.717) is 11.4 Å². The van der Waals surface area contributed by atoms with Gasteiger partial charge in [-0.2, -0.15) is 11.8 Å². The molecule has 1 aromatic carbocycles. The molecule has 1 rings (SSSR count). The molecule has 0 spiro atoms. The molecule has 0 fully saturated rings. The molecular formula is C13H15NO3S. The fourth-order valence-electron chi connectivity index (χ4n) is 1.39. The average molecular weight is 265 g/mol. The number of carbonyl (C=O) groups excluding carboxylic acids is 1. The van der Waals surface area contributed by atoms with Crippen molar-refractivity contribution in [1.29, 1.82) is 0 Å². The van der Waals surface area contributed by atoms with Gasteiger partial charge in [0.2, 0.25) is 5.91 Å². The van der Waals surface area contributed by atoms with E-state index in [4.69, 9.17) is 5.11 Å². The first-order chi connectivity index (χ1) is 8.52. The highest BCUT2D eigenvalue weighted by Crippen LogP contribution is 2.17. The van der Waals surface area contributed by atoms with Crippen LogP contribution in [0.15, 0.2) is 24.3 Å². The zero-order valence-corrected chi connectivity index (χ0v) is 11.1. The average Bonchev–Trinajstić information content (AvgIpc) is 2.30. The second-order valence-corrected chi connectivity index (χ2v) is 4.59. The van der Waals surface area contributed by atoms with E-state index in [1.165, 1.54) is 17.8 Å². The Kier molecular flexibility index (Phi) is 5.45. The van der Waals surface area contributed by atoms with Crippen molar-refractivity contribution in [1.82, 2.24) is 0 Å². The summed E-state index contributed by atoms with van der Waals surface area (Å²) < 4.78 is 0. The Morgan fingerprint density at radius 3 is 2.78 bits per heavy atom. The van der Waals surface area contributed by atoms with Crippen LogP contribution in [0.1, 0.15) is 11.1 Å². The Bertz CT molecular complexity index is 483. The normalized spacial score (nSPS) is 10.6. The van der Waals surface area contributed by atoms with Gasteiger partial charge in [-0.1, -0.05) is 6.07 Å². The molecule has 0 radical (unpaired) electrons. The van der Waals surface area contributed by atoms with Crippen molar-refractivity contribution in [3.63, 3.8) is 0 Å². The number of hydrogen-bond donors (Lipinski definition) is 2. The van der Waals surface area contributed by atoms with Gasteiger partial charge in [0.05, 0.1) is 5.75 Å². The van der Waals surface area contributed by atoms with Crippen molar-refractivity contribution in [2.24, 2.45) is 0 Å². The summed E-state index contributed by atoms with van der Waals surface area (Å²) in [5, 5.41) is 11.3. The van der Waals surface area contributed by atoms with Gasteiger partial charge >= 0.3 is 5.97 Å². The van der Waals surface area contributed by atoms with Crippen LogP contribution < -0.4 is 5.32 Å². The molecule has 1 amide bonds. The molecule has 0 aliphatic carbocycles. The highest BCUT2D eigenvalue weighted by molar-refractivity contribution is 7.99. The minimum absolute atomic E-state index is 0.0699. The summed E-state index contributed by atoms with van der Waals surface area (Å²) in [6.07, 6.45) is 4.45. The van der Waals surface area contributed by atoms with E-state index in [0.717, 1.165) is 17.2 Å². The molecule has 0 aromatic heterocycles. The number of hydrogen-bond acceptors (Lipinski definition) is 3. The molecule has 96 valence electrons. The Morgan fingerprint density at radius 2 is 2.17 bits per heavy atom. The molecule has 1 aromatic rings. The van der Waals surface area contributed by atoms with Crippen LogP contribution in [-0.2, 0) is 9.59 Å². The number of benzene rings is 1. The third kappa shape index (κ3) is 4.63. The lowest BCUT2D eigenvalue weighted by atomic mass is 10.1. The molecular weight excluding hydrogens is 250 g/mol. The van der Waals surface area contributed by atoms with Crippen molar-refractivity contribution in [2.45, 2.75) is 6.92 Å². The van der Waals surface area contributed by atoms with Crippen LogP contribution in [0.3, 0.4) is 0 Å². The topological polar surface area (TPSA) is 66.4 Å². The van der Waals surface area contributed by atoms with Gasteiger partial charge in [0.15, 0.2) is 0 Å². The van der Waals surface area contributed by atoms with Gasteiger partial charge in [-0.05, 0) is 42.5 Å². The van der Waals surface area contributed by atoms with Crippen LogP contribution in [0.2, 0.25) is 0 Å². The summed E-state index contributed by atoms with van der Waals surface area (Å²) in [6, 6.07) is 5.40. The summed E-state index contributed by atoms with van der Waals surface area (Å²) in [5.41, 5.74) is 2.40. The number of amides is 1. The van der Waals surface area contributed by atoms with E-state index in [2.05, 4.69) is 5.32 Å². The molecule has 0 unspecified atom stereocenters. The highest BCUT2D eigenvalue weighted by Gasteiger charge is 2.03. The smallest absolute Gasteiger partial charge is 0.328 e. The molecule has 5 heteroatoms. The molecule has 2 N–H and O–H groups in total. The fraction of sp³-hybridized carbons (Fsp3) is 0.231. The summed E-state index contributed by atoms with van der Waals surface area (Å²) >= 11 is 1.45. The third-order valence-electron chi connectivity index (χ3n) is 2.24. The molecule has 0 atom stereocenters. The van der Waals surface area contributed by atoms with Gasteiger partial charge < -0.3 is 10.4 Å². The molecule has 0 heterocycles. The molecule has 0 aliphatic rings. The van der Waals surface area contributed by atoms with Crippen LogP contribution >= 0.6 is 11.8 Å². The predicted octanol–water partition coefficient (Wildman–Crippen LogP) is 2.39. The molecule has 0 saturated heterocycles. The first-order valence-electron chi connectivity index (χ1n) is 5.33. The minimum atomic E-state index is -0.994. The summed E-state index contributed by atoms with van der Waals surface area (Å²) in [4.78, 5) is 21.9. The maximum Gasteiger partial charge on any atom is 0.328 e. The molecule has 0 bridgehead atoms. The fourth-order valence-corrected chi connectivity index (χ4v) is 1.72. The van der Waals surface area contributed by atoms with E-state index in [-0.39, 0.29) is 5.91 Å². The molecule has 4 nitrogen and oxygen atoms in total. The maximum absolute atomic E-state index is 11.4. The van der Waals surface area contributed by atoms with Crippen LogP contribution in [0.4, 0.5) is 5.69 Å². The van der Waals surface area contributed by atoms with Crippen LogP contribution in [0.25, 0.3) is 6.08 Å². The first kappa shape index (κ1) is 14.3. The van der Waals surface area contributed by atoms with Gasteiger partial charge in [0.1, 0.15) is 0 Å². The van der Waals surface area contributed by atoms with E-state index in [9.17, 15) is 9.59 Å². The molecule has 0 saturated carbocycles. The molecule has 18 heavy (non-hydrogen) atoms. The number of aryl methyl sites for hydroxylation is 1. The van der Waals surface area contributed by atoms with E-state index < -0.39 is 5.97 Å². The first-order valence-corrected chi connectivity index (χ1v) is 6.72. The molecule has 0 aliphatic heterocycles. The predicted molar refractivity (Wildman–Crippen MR) is 74.9 cm³/mol. The van der Waals surface area contributed by atoms with Crippen molar-refractivity contribution in [2.75, 3.05) is 17.3 Å². The Labute approximate surface area is 110 Å². The lowest BCUT2D eigenvalue weighted by Gasteiger charge is -2.07. The minimum Gasteiger partial charge on any atom is -0.478 e. The second kappa shape index (κ2) is 6.86. The SMILES string of the molecule is CSCC(=O)Nc1ccc(C)c(C=CC(=O)O)c1. The zero-order valence-electron chi connectivity index (χ0n) is 10.3. The third-order valence-corrected chi connectivity index (χ3v) is 2.79. The van der Waals surface area contributed by atoms with Crippen molar-refractivity contribution in [3.05, 3.63) is 35.4 Å². The number of carboxylic acid groups (broad SMARTS) is 1. The summed E-state index contributed by atoms with van der Waals surface area (Å²) in [5.74, 6) is -0.667. The van der Waals surface area contributed by atoms with Crippen molar-refractivity contribution < 1.29 is 14.7 Å². The van der Waals surface area contributed by atoms with Crippen LogP contribution in [0, 0.1) is 6.92 Å². The number of aliphatic carboxylic acids is 1. The van der Waals surface area contributed by atoms with E-state index >= 15 is 0 Å². The van der Waals surface area contributed by atoms with Gasteiger partial charge in [-0.15, -0.1) is 0 Å². The number of carboxylic acids is 1. The van der Waals surface area contributed by atoms with Gasteiger partial charge in [0.25, 0.3) is 0 Å². The monoisotopic (exact) mass is 265 g/mol. The quantitative estimate of drug-likeness (QED) is 0.802. The van der Waals surface area contributed by atoms with Gasteiger partial charge in [-0.25, -0.2) is 4.79 Å². The number of thioether (sulfide) groups is 1. The van der Waals surface area contributed by atoms with Crippen LogP contribution in [-0.4, -0.2) is 29.0 Å². The Hall–Kier alpha value is -1.75. The number of rotatable bonds is 5. The zero-order chi connectivity index (χ0) is 13.5. The van der Waals surface area contributed by atoms with Gasteiger partial charge in [-0.3, -0.25) is 4.79 Å². The summed E-state index contributed by atoms with van der Waals surface area (Å²) in [6.45, 7) is 1.88. The lowest BCUT2D eigenvalue weighted by molar-refractivity contribution is -0.131. The standard InChI is InChI=1S/C13H15NO3S/c1-9-3-5-11(14-12(15)8-18-2)7-10(9)4-6-13(16)17/h3-7H,8H2,1-2H3,(H,14,15)(H,16,17). The Morgan fingerprint density at radius 1 is 1.44 bits per heavy atom. The number of carbonyl (C=O) groups is 2. The second-order valence-electron chi connectivity index (χ2n) is 3.72. The van der Waals surface area contributed by atoms with Gasteiger partial charge in [0, 0.05) is 11.8 Å². The van der Waals surface area contributed by atoms with E-state index in [1.54, 1.807) is 12.1 Å². The van der Waals surface area contributed by atoms with E-state index in [1.807, 2.05) is 19.2 Å². The lowest BCUT2D eigenvalue weighted by Crippen LogP contribution is -2.13. The maximum atomic E-state index is 11.4. The largest absolute Gasteiger partial charge is 0.478 e. The highest BCUT2D eigenvalue weighted by atomic mass is 32.2. The number of anilines is 1. The van der Waals surface area contributed by atoms with Crippen LogP contribution in [0.5, 0.6) is 0 Å². The Balaban J connectivity index is 2.86. The summed E-state index contributed by atoms with van der Waals surface area (Å²) in [7, 11) is 0. The van der Waals surface area contributed by atoms with Crippen molar-refractivity contribution >= 4 is 35.4 Å². The van der Waals surface area contributed by atoms with Crippen molar-refractivity contribution in [3.8, 4) is 0 Å².